The van der Waals surface area contributed by atoms with E-state index in [2.05, 4.69) is 15.3 Å². The first-order chi connectivity index (χ1) is 15.0. The standard InChI is InChI=1S/C21H18N4O4S2/c1-11-7-22-19(30-11)20-23-8-12(31-20)10-29-16-4-2-3-13-14(16)9-25(21(13)28)15-5-6-17(26)24-18(15)27/h2-4,7-8,15H,5-6,9-10H2,1H3,(H,24,26,27). The van der Waals surface area contributed by atoms with E-state index in [1.165, 1.54) is 16.2 Å². The number of ether oxygens (including phenoxy) is 1. The first kappa shape index (κ1) is 19.8. The van der Waals surface area contributed by atoms with Crippen LogP contribution in [0.15, 0.2) is 30.6 Å². The van der Waals surface area contributed by atoms with Gasteiger partial charge in [-0.3, -0.25) is 19.7 Å². The molecule has 1 unspecified atom stereocenters. The van der Waals surface area contributed by atoms with E-state index < -0.39 is 11.9 Å². The maximum absolute atomic E-state index is 12.9. The van der Waals surface area contributed by atoms with Gasteiger partial charge < -0.3 is 9.64 Å². The number of fused-ring (bicyclic) bond motifs is 1. The summed E-state index contributed by atoms with van der Waals surface area (Å²) in [5.41, 5.74) is 1.29. The molecule has 158 valence electrons. The molecule has 1 N–H and O–H groups in total. The lowest BCUT2D eigenvalue weighted by Crippen LogP contribution is -2.52. The second-order valence-corrected chi connectivity index (χ2v) is 9.73. The molecule has 4 heterocycles. The van der Waals surface area contributed by atoms with Crippen LogP contribution in [0.2, 0.25) is 0 Å². The Kier molecular flexibility index (Phi) is 5.03. The highest BCUT2D eigenvalue weighted by atomic mass is 32.1. The predicted molar refractivity (Wildman–Crippen MR) is 115 cm³/mol. The minimum Gasteiger partial charge on any atom is -0.488 e. The third-order valence-corrected chi connectivity index (χ3v) is 7.29. The number of carbonyl (C=O) groups is 3. The fourth-order valence-electron chi connectivity index (χ4n) is 3.77. The van der Waals surface area contributed by atoms with Crippen LogP contribution >= 0.6 is 22.7 Å². The number of nitrogens with one attached hydrogen (secondary N) is 1. The number of aryl methyl sites for hydroxylation is 1. The highest BCUT2D eigenvalue weighted by Crippen LogP contribution is 2.35. The van der Waals surface area contributed by atoms with Crippen molar-refractivity contribution in [2.75, 3.05) is 0 Å². The van der Waals surface area contributed by atoms with Gasteiger partial charge in [-0.05, 0) is 25.5 Å². The van der Waals surface area contributed by atoms with Crippen LogP contribution in [0, 0.1) is 6.92 Å². The van der Waals surface area contributed by atoms with E-state index in [1.807, 2.05) is 19.2 Å². The second kappa shape index (κ2) is 7.86. The second-order valence-electron chi connectivity index (χ2n) is 7.38. The van der Waals surface area contributed by atoms with Crippen LogP contribution in [0.4, 0.5) is 0 Å². The molecule has 1 fully saturated rings. The van der Waals surface area contributed by atoms with Gasteiger partial charge in [0.05, 0.1) is 11.4 Å². The normalized spacial score (nSPS) is 18.3. The molecule has 1 aromatic carbocycles. The highest BCUT2D eigenvalue weighted by Gasteiger charge is 2.40. The third-order valence-electron chi connectivity index (χ3n) is 5.27. The van der Waals surface area contributed by atoms with E-state index >= 15 is 0 Å². The average molecular weight is 455 g/mol. The minimum absolute atomic E-state index is 0.214. The summed E-state index contributed by atoms with van der Waals surface area (Å²) in [7, 11) is 0. The van der Waals surface area contributed by atoms with Gasteiger partial charge in [0.15, 0.2) is 10.0 Å². The summed E-state index contributed by atoms with van der Waals surface area (Å²) >= 11 is 3.12. The number of hydrogen-bond acceptors (Lipinski definition) is 8. The molecular weight excluding hydrogens is 436 g/mol. The average Bonchev–Trinajstić information content (AvgIpc) is 3.46. The molecule has 0 bridgehead atoms. The number of thiazole rings is 2. The van der Waals surface area contributed by atoms with Crippen molar-refractivity contribution in [2.24, 2.45) is 0 Å². The van der Waals surface area contributed by atoms with Crippen LogP contribution in [-0.4, -0.2) is 38.6 Å². The monoisotopic (exact) mass is 454 g/mol. The fourth-order valence-corrected chi connectivity index (χ4v) is 5.39. The summed E-state index contributed by atoms with van der Waals surface area (Å²) in [6.07, 6.45) is 4.17. The SMILES string of the molecule is Cc1cnc(-c2ncc(COc3cccc4c3CN(C3CCC(=O)NC3=O)C4=O)s2)s1. The molecule has 0 spiro atoms. The van der Waals surface area contributed by atoms with Crippen LogP contribution < -0.4 is 10.1 Å². The van der Waals surface area contributed by atoms with E-state index in [4.69, 9.17) is 4.74 Å². The zero-order valence-electron chi connectivity index (χ0n) is 16.6. The Bertz CT molecular complexity index is 1200. The van der Waals surface area contributed by atoms with Crippen molar-refractivity contribution in [1.82, 2.24) is 20.2 Å². The fraction of sp³-hybridized carbons (Fsp3) is 0.286. The predicted octanol–water partition coefficient (Wildman–Crippen LogP) is 2.92. The lowest BCUT2D eigenvalue weighted by molar-refractivity contribution is -0.136. The molecule has 2 aromatic heterocycles. The van der Waals surface area contributed by atoms with Gasteiger partial charge in [0.1, 0.15) is 18.4 Å². The highest BCUT2D eigenvalue weighted by molar-refractivity contribution is 7.21. The molecule has 8 nitrogen and oxygen atoms in total. The van der Waals surface area contributed by atoms with Gasteiger partial charge in [-0.15, -0.1) is 22.7 Å². The Morgan fingerprint density at radius 1 is 1.16 bits per heavy atom. The van der Waals surface area contributed by atoms with E-state index in [1.54, 1.807) is 29.7 Å². The first-order valence-electron chi connectivity index (χ1n) is 9.76. The molecule has 0 aliphatic carbocycles. The third kappa shape index (κ3) is 3.72. The lowest BCUT2D eigenvalue weighted by Gasteiger charge is -2.29. The molecule has 3 aromatic rings. The van der Waals surface area contributed by atoms with Crippen molar-refractivity contribution < 1.29 is 19.1 Å². The summed E-state index contributed by atoms with van der Waals surface area (Å²) in [6.45, 7) is 2.61. The molecule has 10 heteroatoms. The van der Waals surface area contributed by atoms with Crippen LogP contribution in [0.3, 0.4) is 0 Å². The number of rotatable bonds is 5. The van der Waals surface area contributed by atoms with Crippen molar-refractivity contribution in [3.8, 4) is 15.8 Å². The number of imide groups is 1. The van der Waals surface area contributed by atoms with Crippen molar-refractivity contribution in [2.45, 2.75) is 39.0 Å². The minimum atomic E-state index is -0.642. The molecule has 1 atom stereocenters. The number of amides is 3. The van der Waals surface area contributed by atoms with Gasteiger partial charge in [-0.2, -0.15) is 0 Å². The number of hydrogen-bond donors (Lipinski definition) is 1. The van der Waals surface area contributed by atoms with Gasteiger partial charge >= 0.3 is 0 Å². The molecule has 0 saturated carbocycles. The van der Waals surface area contributed by atoms with Crippen molar-refractivity contribution in [3.05, 3.63) is 51.5 Å². The largest absolute Gasteiger partial charge is 0.488 e. The molecule has 0 radical (unpaired) electrons. The van der Waals surface area contributed by atoms with Crippen molar-refractivity contribution in [3.63, 3.8) is 0 Å². The van der Waals surface area contributed by atoms with Crippen molar-refractivity contribution >= 4 is 40.4 Å². The van der Waals surface area contributed by atoms with Gasteiger partial charge in [0.25, 0.3) is 5.91 Å². The van der Waals surface area contributed by atoms with E-state index in [0.717, 1.165) is 25.3 Å². The maximum atomic E-state index is 12.9. The molecule has 31 heavy (non-hydrogen) atoms. The Morgan fingerprint density at radius 3 is 2.74 bits per heavy atom. The Morgan fingerprint density at radius 2 is 1.97 bits per heavy atom. The van der Waals surface area contributed by atoms with E-state index in [-0.39, 0.29) is 24.8 Å². The van der Waals surface area contributed by atoms with Crippen LogP contribution in [0.25, 0.3) is 10.0 Å². The van der Waals surface area contributed by atoms with Gasteiger partial charge in [0, 0.05) is 34.8 Å². The molecular formula is C21H18N4O4S2. The summed E-state index contributed by atoms with van der Waals surface area (Å²) in [4.78, 5) is 49.0. The summed E-state index contributed by atoms with van der Waals surface area (Å²) in [5.74, 6) is -0.324. The number of aromatic nitrogens is 2. The smallest absolute Gasteiger partial charge is 0.255 e. The number of nitrogens with zero attached hydrogens (tertiary/aromatic N) is 3. The van der Waals surface area contributed by atoms with Crippen LogP contribution in [0.1, 0.15) is 38.5 Å². The Hall–Kier alpha value is -3.11. The molecule has 1 saturated heterocycles. The Labute approximate surface area is 185 Å². The molecule has 2 aliphatic heterocycles. The first-order valence-corrected chi connectivity index (χ1v) is 11.4. The maximum Gasteiger partial charge on any atom is 0.255 e. The van der Waals surface area contributed by atoms with E-state index in [9.17, 15) is 14.4 Å². The quantitative estimate of drug-likeness (QED) is 0.595. The summed E-state index contributed by atoms with van der Waals surface area (Å²) < 4.78 is 6.04. The van der Waals surface area contributed by atoms with Crippen molar-refractivity contribution in [1.29, 1.82) is 0 Å². The lowest BCUT2D eigenvalue weighted by atomic mass is 10.0. The van der Waals surface area contributed by atoms with Gasteiger partial charge in [0.2, 0.25) is 11.8 Å². The summed E-state index contributed by atoms with van der Waals surface area (Å²) in [5, 5.41) is 4.06. The van der Waals surface area contributed by atoms with Crippen LogP contribution in [-0.2, 0) is 22.7 Å². The topological polar surface area (TPSA) is 101 Å². The zero-order valence-corrected chi connectivity index (χ0v) is 18.2. The van der Waals surface area contributed by atoms with Gasteiger partial charge in [-0.25, -0.2) is 9.97 Å². The molecule has 5 rings (SSSR count). The molecule has 3 amide bonds. The molecule has 2 aliphatic rings. The number of benzene rings is 1. The number of piperidine rings is 1. The number of carbonyl (C=O) groups excluding carboxylic acids is 3. The zero-order chi connectivity index (χ0) is 21.5. The summed E-state index contributed by atoms with van der Waals surface area (Å²) in [6, 6.07) is 4.70. The Balaban J connectivity index is 1.31. The van der Waals surface area contributed by atoms with Crippen LogP contribution in [0.5, 0.6) is 5.75 Å². The van der Waals surface area contributed by atoms with Gasteiger partial charge in [-0.1, -0.05) is 6.07 Å². The van der Waals surface area contributed by atoms with E-state index in [0.29, 0.717) is 24.3 Å².